The van der Waals surface area contributed by atoms with Crippen LogP contribution in [0.25, 0.3) is 0 Å². The second-order valence-corrected chi connectivity index (χ2v) is 11.4. The fourth-order valence-corrected chi connectivity index (χ4v) is 7.58. The number of amides is 1. The molecular weight excluding hydrogens is 466 g/mol. The average molecular weight is 502 g/mol. The van der Waals surface area contributed by atoms with Crippen molar-refractivity contribution in [1.29, 1.82) is 0 Å². The van der Waals surface area contributed by atoms with Crippen LogP contribution in [0.15, 0.2) is 54.6 Å². The summed E-state index contributed by atoms with van der Waals surface area (Å²) >= 11 is 0. The fraction of sp³-hybridized carbons (Fsp3) is 0.500. The number of sulfonamides is 1. The normalized spacial score (nSPS) is 20.2. The van der Waals surface area contributed by atoms with Gasteiger partial charge in [0.25, 0.3) is 5.91 Å². The van der Waals surface area contributed by atoms with E-state index < -0.39 is 26.7 Å². The predicted octanol–water partition coefficient (Wildman–Crippen LogP) is 2.11. The van der Waals surface area contributed by atoms with E-state index in [0.29, 0.717) is 63.2 Å². The largest absolute Gasteiger partial charge is 0.496 e. The zero-order chi connectivity index (χ0) is 24.9. The molecule has 1 unspecified atom stereocenters. The lowest BCUT2D eigenvalue weighted by Crippen LogP contribution is -2.62. The summed E-state index contributed by atoms with van der Waals surface area (Å²) in [7, 11) is -2.44. The standard InChI is InChI=1S/C26H35N3O5S/c1-34-23-10-6-5-9-22(23)24(31)28-25(35(32,33)29-17-11-20(19-30)12-18-29)26(13-15-27-16-14-26)21-7-3-2-4-8-21/h2-10,20,25,27,30H,11-19H2,1H3,(H,28,31). The smallest absolute Gasteiger partial charge is 0.256 e. The van der Waals surface area contributed by atoms with Crippen LogP contribution in [-0.2, 0) is 15.4 Å². The number of rotatable bonds is 8. The molecule has 1 amide bonds. The minimum atomic E-state index is -3.93. The number of aliphatic hydroxyl groups excluding tert-OH is 1. The third-order valence-corrected chi connectivity index (χ3v) is 9.70. The lowest BCUT2D eigenvalue weighted by molar-refractivity contribution is 0.0918. The molecule has 0 aliphatic carbocycles. The van der Waals surface area contributed by atoms with Crippen molar-refractivity contribution in [1.82, 2.24) is 14.9 Å². The zero-order valence-electron chi connectivity index (χ0n) is 20.2. The van der Waals surface area contributed by atoms with E-state index in [2.05, 4.69) is 10.6 Å². The predicted molar refractivity (Wildman–Crippen MR) is 135 cm³/mol. The molecule has 0 aromatic heterocycles. The molecule has 2 heterocycles. The maximum absolute atomic E-state index is 14.3. The number of hydrogen-bond donors (Lipinski definition) is 3. The molecular formula is C26H35N3O5S. The Kier molecular flexibility index (Phi) is 8.11. The number of nitrogens with zero attached hydrogens (tertiary/aromatic N) is 1. The first-order valence-electron chi connectivity index (χ1n) is 12.2. The molecule has 4 rings (SSSR count). The number of para-hydroxylation sites is 1. The quantitative estimate of drug-likeness (QED) is 0.511. The first kappa shape index (κ1) is 25.6. The molecule has 2 saturated heterocycles. The van der Waals surface area contributed by atoms with Gasteiger partial charge in [0.1, 0.15) is 5.75 Å². The molecule has 0 bridgehead atoms. The molecule has 2 aromatic rings. The topological polar surface area (TPSA) is 108 Å². The summed E-state index contributed by atoms with van der Waals surface area (Å²) in [5.74, 6) is 0.0177. The minimum absolute atomic E-state index is 0.0570. The van der Waals surface area contributed by atoms with E-state index in [9.17, 15) is 18.3 Å². The van der Waals surface area contributed by atoms with Crippen LogP contribution in [0.5, 0.6) is 5.75 Å². The molecule has 1 atom stereocenters. The summed E-state index contributed by atoms with van der Waals surface area (Å²) in [6.45, 7) is 2.02. The Morgan fingerprint density at radius 2 is 1.74 bits per heavy atom. The van der Waals surface area contributed by atoms with Crippen LogP contribution in [0.4, 0.5) is 0 Å². The van der Waals surface area contributed by atoms with Gasteiger partial charge < -0.3 is 20.5 Å². The number of aliphatic hydroxyl groups is 1. The maximum Gasteiger partial charge on any atom is 0.256 e. The van der Waals surface area contributed by atoms with Crippen molar-refractivity contribution in [2.45, 2.75) is 36.5 Å². The highest BCUT2D eigenvalue weighted by Gasteiger charge is 2.51. The summed E-state index contributed by atoms with van der Waals surface area (Å²) in [5, 5.41) is 14.7. The van der Waals surface area contributed by atoms with Crippen LogP contribution in [0.3, 0.4) is 0 Å². The summed E-state index contributed by atoms with van der Waals surface area (Å²) in [4.78, 5) is 13.6. The number of hydrogen-bond acceptors (Lipinski definition) is 6. The Labute approximate surface area is 207 Å². The van der Waals surface area contributed by atoms with Crippen LogP contribution < -0.4 is 15.4 Å². The molecule has 3 N–H and O–H groups in total. The monoisotopic (exact) mass is 501 g/mol. The van der Waals surface area contributed by atoms with Crippen LogP contribution in [0, 0.1) is 5.92 Å². The van der Waals surface area contributed by atoms with E-state index in [-0.39, 0.29) is 12.5 Å². The zero-order valence-corrected chi connectivity index (χ0v) is 21.0. The summed E-state index contributed by atoms with van der Waals surface area (Å²) in [6, 6.07) is 16.5. The number of carbonyl (C=O) groups excluding carboxylic acids is 1. The molecule has 0 radical (unpaired) electrons. The van der Waals surface area contributed by atoms with Crippen LogP contribution in [-0.4, -0.2) is 69.0 Å². The highest BCUT2D eigenvalue weighted by Crippen LogP contribution is 2.41. The third kappa shape index (κ3) is 5.23. The van der Waals surface area contributed by atoms with Gasteiger partial charge >= 0.3 is 0 Å². The Hall–Kier alpha value is -2.46. The molecule has 0 saturated carbocycles. The summed E-state index contributed by atoms with van der Waals surface area (Å²) in [5.41, 5.74) is 0.406. The van der Waals surface area contributed by atoms with Gasteiger partial charge in [-0.05, 0) is 62.4 Å². The molecule has 2 aliphatic rings. The Balaban J connectivity index is 1.77. The van der Waals surface area contributed by atoms with E-state index >= 15 is 0 Å². The maximum atomic E-state index is 14.3. The van der Waals surface area contributed by atoms with Crippen molar-refractivity contribution in [3.05, 3.63) is 65.7 Å². The Bertz CT molecular complexity index is 1090. The third-order valence-electron chi connectivity index (χ3n) is 7.45. The molecule has 2 aromatic carbocycles. The number of ether oxygens (including phenoxy) is 1. The van der Waals surface area contributed by atoms with Crippen molar-refractivity contribution in [3.63, 3.8) is 0 Å². The molecule has 2 aliphatic heterocycles. The van der Waals surface area contributed by atoms with E-state index in [1.54, 1.807) is 24.3 Å². The Morgan fingerprint density at radius 1 is 1.11 bits per heavy atom. The lowest BCUT2D eigenvalue weighted by atomic mass is 9.72. The molecule has 190 valence electrons. The molecule has 8 nitrogen and oxygen atoms in total. The van der Waals surface area contributed by atoms with Gasteiger partial charge in [0.05, 0.1) is 12.7 Å². The average Bonchev–Trinajstić information content (AvgIpc) is 2.92. The fourth-order valence-electron chi connectivity index (χ4n) is 5.37. The highest BCUT2D eigenvalue weighted by atomic mass is 32.2. The SMILES string of the molecule is COc1ccccc1C(=O)NC(C1(c2ccccc2)CCNCC1)S(=O)(=O)N1CCC(CO)CC1. The van der Waals surface area contributed by atoms with Gasteiger partial charge in [-0.15, -0.1) is 0 Å². The summed E-state index contributed by atoms with van der Waals surface area (Å²) < 4.78 is 35.4. The number of nitrogens with one attached hydrogen (secondary N) is 2. The van der Waals surface area contributed by atoms with Crippen molar-refractivity contribution >= 4 is 15.9 Å². The van der Waals surface area contributed by atoms with E-state index in [0.717, 1.165) is 5.56 Å². The first-order valence-corrected chi connectivity index (χ1v) is 13.7. The number of piperidine rings is 2. The number of methoxy groups -OCH3 is 1. The van der Waals surface area contributed by atoms with Crippen LogP contribution in [0.1, 0.15) is 41.6 Å². The molecule has 35 heavy (non-hydrogen) atoms. The highest BCUT2D eigenvalue weighted by molar-refractivity contribution is 7.89. The van der Waals surface area contributed by atoms with Crippen molar-refractivity contribution in [2.24, 2.45) is 5.92 Å². The van der Waals surface area contributed by atoms with Crippen molar-refractivity contribution < 1.29 is 23.1 Å². The van der Waals surface area contributed by atoms with Crippen molar-refractivity contribution in [3.8, 4) is 5.75 Å². The van der Waals surface area contributed by atoms with Gasteiger partial charge in [-0.25, -0.2) is 12.7 Å². The van der Waals surface area contributed by atoms with Gasteiger partial charge in [0.15, 0.2) is 5.37 Å². The molecule has 2 fully saturated rings. The van der Waals surface area contributed by atoms with Crippen LogP contribution >= 0.6 is 0 Å². The van der Waals surface area contributed by atoms with Gasteiger partial charge in [-0.3, -0.25) is 4.79 Å². The minimum Gasteiger partial charge on any atom is -0.496 e. The van der Waals surface area contributed by atoms with Gasteiger partial charge in [-0.1, -0.05) is 42.5 Å². The van der Waals surface area contributed by atoms with E-state index in [1.807, 2.05) is 30.3 Å². The molecule has 0 spiro atoms. The first-order chi connectivity index (χ1) is 16.9. The van der Waals surface area contributed by atoms with Crippen LogP contribution in [0.2, 0.25) is 0 Å². The second kappa shape index (κ2) is 11.1. The number of benzene rings is 2. The molecule has 9 heteroatoms. The number of carbonyl (C=O) groups is 1. The van der Waals surface area contributed by atoms with E-state index in [1.165, 1.54) is 11.4 Å². The lowest BCUT2D eigenvalue weighted by Gasteiger charge is -2.46. The summed E-state index contributed by atoms with van der Waals surface area (Å²) in [6.07, 6.45) is 2.34. The second-order valence-electron chi connectivity index (χ2n) is 9.40. The van der Waals surface area contributed by atoms with E-state index in [4.69, 9.17) is 4.74 Å². The van der Waals surface area contributed by atoms with Gasteiger partial charge in [-0.2, -0.15) is 0 Å². The van der Waals surface area contributed by atoms with Gasteiger partial charge in [0.2, 0.25) is 10.0 Å². The van der Waals surface area contributed by atoms with Crippen molar-refractivity contribution in [2.75, 3.05) is 39.9 Å². The van der Waals surface area contributed by atoms with Gasteiger partial charge in [0, 0.05) is 25.1 Å². The Morgan fingerprint density at radius 3 is 2.37 bits per heavy atom.